The predicted octanol–water partition coefficient (Wildman–Crippen LogP) is 7.72. The number of anilines is 1. The molecule has 0 saturated heterocycles. The number of sulfonamides is 1. The van der Waals surface area contributed by atoms with Crippen molar-refractivity contribution >= 4 is 83.0 Å². The lowest BCUT2D eigenvalue weighted by Gasteiger charge is -2.15. The van der Waals surface area contributed by atoms with E-state index in [2.05, 4.69) is 9.71 Å². The second-order valence-electron chi connectivity index (χ2n) is 7.50. The van der Waals surface area contributed by atoms with E-state index in [9.17, 15) is 13.5 Å². The molecule has 0 aliphatic carbocycles. The molecule has 0 unspecified atom stereocenters. The SMILES string of the molecule is Cc1cc(S(=O)(=O)Nc2cc(Sc3nc4ccccc4s3)c(O)c3ccccc23)c(Cl)cc1Cl. The molecular weight excluding hydrogens is 531 g/mol. The minimum atomic E-state index is -4.04. The van der Waals surface area contributed by atoms with Crippen molar-refractivity contribution in [3.05, 3.63) is 82.3 Å². The number of aromatic hydroxyl groups is 1. The number of aromatic nitrogens is 1. The highest BCUT2D eigenvalue weighted by Gasteiger charge is 2.22. The fraction of sp³-hybridized carbons (Fsp3) is 0.0417. The fourth-order valence-corrected chi connectivity index (χ4v) is 7.54. The molecule has 1 heterocycles. The average molecular weight is 548 g/mol. The number of hydrogen-bond acceptors (Lipinski definition) is 6. The molecule has 5 nitrogen and oxygen atoms in total. The van der Waals surface area contributed by atoms with Gasteiger partial charge in [0.15, 0.2) is 4.34 Å². The van der Waals surface area contributed by atoms with Gasteiger partial charge < -0.3 is 5.11 Å². The molecule has 5 aromatic rings. The van der Waals surface area contributed by atoms with Crippen molar-refractivity contribution in [1.82, 2.24) is 4.98 Å². The monoisotopic (exact) mass is 546 g/mol. The number of phenols is 1. The molecule has 0 radical (unpaired) electrons. The summed E-state index contributed by atoms with van der Waals surface area (Å²) < 4.78 is 31.0. The van der Waals surface area contributed by atoms with Crippen LogP contribution in [0.3, 0.4) is 0 Å². The second-order valence-corrected chi connectivity index (χ2v) is 12.3. The van der Waals surface area contributed by atoms with Crippen molar-refractivity contribution in [3.8, 4) is 5.75 Å². The number of halogens is 2. The summed E-state index contributed by atoms with van der Waals surface area (Å²) in [5, 5.41) is 12.5. The van der Waals surface area contributed by atoms with Gasteiger partial charge in [0.05, 0.1) is 25.8 Å². The van der Waals surface area contributed by atoms with Crippen molar-refractivity contribution in [2.45, 2.75) is 21.1 Å². The number of thiazole rings is 1. The molecule has 2 N–H and O–H groups in total. The van der Waals surface area contributed by atoms with E-state index in [0.29, 0.717) is 31.9 Å². The summed E-state index contributed by atoms with van der Waals surface area (Å²) in [7, 11) is -4.04. The van der Waals surface area contributed by atoms with Gasteiger partial charge in [0.1, 0.15) is 10.6 Å². The third-order valence-corrected chi connectivity index (χ3v) is 9.57. The van der Waals surface area contributed by atoms with Crippen molar-refractivity contribution in [2.75, 3.05) is 4.72 Å². The fourth-order valence-electron chi connectivity index (χ4n) is 3.52. The molecule has 0 amide bonds. The molecule has 0 spiro atoms. The van der Waals surface area contributed by atoms with E-state index in [1.807, 2.05) is 24.3 Å². The molecule has 0 atom stereocenters. The zero-order chi connectivity index (χ0) is 24.0. The van der Waals surface area contributed by atoms with Gasteiger partial charge >= 0.3 is 0 Å². The number of phenolic OH excluding ortho intramolecular Hbond substituents is 1. The second kappa shape index (κ2) is 8.94. The summed E-state index contributed by atoms with van der Waals surface area (Å²) in [6.45, 7) is 1.71. The maximum atomic E-state index is 13.3. The molecular formula is C24H16Cl2N2O3S3. The first kappa shape index (κ1) is 23.3. The van der Waals surface area contributed by atoms with Crippen LogP contribution in [0.1, 0.15) is 5.56 Å². The first-order valence-electron chi connectivity index (χ1n) is 9.99. The maximum absolute atomic E-state index is 13.3. The van der Waals surface area contributed by atoms with Gasteiger partial charge in [-0.1, -0.05) is 71.4 Å². The van der Waals surface area contributed by atoms with E-state index in [1.54, 1.807) is 37.3 Å². The molecule has 5 rings (SSSR count). The summed E-state index contributed by atoms with van der Waals surface area (Å²) in [6, 6.07) is 19.3. The number of rotatable bonds is 5. The Bertz CT molecular complexity index is 1650. The third kappa shape index (κ3) is 4.32. The van der Waals surface area contributed by atoms with Crippen LogP contribution < -0.4 is 4.72 Å². The molecule has 10 heteroatoms. The molecule has 0 aliphatic rings. The van der Waals surface area contributed by atoms with Crippen LogP contribution >= 0.6 is 46.3 Å². The van der Waals surface area contributed by atoms with Gasteiger partial charge in [-0.05, 0) is 42.8 Å². The lowest BCUT2D eigenvalue weighted by atomic mass is 10.1. The van der Waals surface area contributed by atoms with Crippen LogP contribution in [0, 0.1) is 6.92 Å². The average Bonchev–Trinajstić information content (AvgIpc) is 3.21. The highest BCUT2D eigenvalue weighted by molar-refractivity contribution is 8.01. The lowest BCUT2D eigenvalue weighted by Crippen LogP contribution is -2.14. The number of fused-ring (bicyclic) bond motifs is 2. The Labute approximate surface area is 214 Å². The standard InChI is InChI=1S/C24H16Cl2N2O3S3/c1-13-10-22(17(26)11-16(13)25)34(30,31)28-19-12-21(23(29)15-7-3-2-6-14(15)19)33-24-27-18-8-4-5-9-20(18)32-24/h2-12,28-29H,1H3. The van der Waals surface area contributed by atoms with Crippen molar-refractivity contribution < 1.29 is 13.5 Å². The van der Waals surface area contributed by atoms with Crippen LogP contribution in [0.15, 0.2) is 80.9 Å². The summed E-state index contributed by atoms with van der Waals surface area (Å²) in [5.41, 5.74) is 1.78. The van der Waals surface area contributed by atoms with Crippen molar-refractivity contribution in [3.63, 3.8) is 0 Å². The number of nitrogens with zero attached hydrogens (tertiary/aromatic N) is 1. The van der Waals surface area contributed by atoms with Crippen molar-refractivity contribution in [2.24, 2.45) is 0 Å². The van der Waals surface area contributed by atoms with Crippen LogP contribution in [0.25, 0.3) is 21.0 Å². The zero-order valence-corrected chi connectivity index (χ0v) is 21.5. The van der Waals surface area contributed by atoms with Gasteiger partial charge in [-0.2, -0.15) is 0 Å². The van der Waals surface area contributed by atoms with Crippen LogP contribution in [-0.4, -0.2) is 18.5 Å². The number of benzene rings is 4. The van der Waals surface area contributed by atoms with E-state index in [1.165, 1.54) is 35.2 Å². The molecule has 0 fully saturated rings. The molecule has 0 aliphatic heterocycles. The molecule has 34 heavy (non-hydrogen) atoms. The Kier molecular flexibility index (Phi) is 6.12. The largest absolute Gasteiger partial charge is 0.506 e. The highest BCUT2D eigenvalue weighted by atomic mass is 35.5. The Morgan fingerprint density at radius 3 is 2.44 bits per heavy atom. The minimum Gasteiger partial charge on any atom is -0.506 e. The van der Waals surface area contributed by atoms with E-state index >= 15 is 0 Å². The minimum absolute atomic E-state index is 0.0234. The third-order valence-electron chi connectivity index (χ3n) is 5.20. The quantitative estimate of drug-likeness (QED) is 0.220. The Hall–Kier alpha value is -2.49. The number of nitrogens with one attached hydrogen (secondary N) is 1. The molecule has 172 valence electrons. The molecule has 0 saturated carbocycles. The molecule has 4 aromatic carbocycles. The lowest BCUT2D eigenvalue weighted by molar-refractivity contribution is 0.469. The first-order valence-corrected chi connectivity index (χ1v) is 13.9. The van der Waals surface area contributed by atoms with Crippen LogP contribution in [0.5, 0.6) is 5.75 Å². The maximum Gasteiger partial charge on any atom is 0.263 e. The molecule has 0 bridgehead atoms. The van der Waals surface area contributed by atoms with Gasteiger partial charge in [-0.25, -0.2) is 13.4 Å². The Morgan fingerprint density at radius 1 is 0.971 bits per heavy atom. The van der Waals surface area contributed by atoms with Crippen LogP contribution in [-0.2, 0) is 10.0 Å². The normalized spacial score (nSPS) is 11.9. The summed E-state index contributed by atoms with van der Waals surface area (Å²) in [4.78, 5) is 5.02. The zero-order valence-electron chi connectivity index (χ0n) is 17.5. The summed E-state index contributed by atoms with van der Waals surface area (Å²) in [6.07, 6.45) is 0. The van der Waals surface area contributed by atoms with Gasteiger partial charge in [0.2, 0.25) is 0 Å². The smallest absolute Gasteiger partial charge is 0.263 e. The van der Waals surface area contributed by atoms with E-state index in [-0.39, 0.29) is 15.7 Å². The Morgan fingerprint density at radius 2 is 1.68 bits per heavy atom. The van der Waals surface area contributed by atoms with E-state index in [0.717, 1.165) is 14.6 Å². The first-order chi connectivity index (χ1) is 16.2. The predicted molar refractivity (Wildman–Crippen MR) is 141 cm³/mol. The van der Waals surface area contributed by atoms with Crippen LogP contribution in [0.4, 0.5) is 5.69 Å². The topological polar surface area (TPSA) is 79.3 Å². The van der Waals surface area contributed by atoms with Gasteiger partial charge in [-0.15, -0.1) is 11.3 Å². The van der Waals surface area contributed by atoms with E-state index in [4.69, 9.17) is 23.2 Å². The van der Waals surface area contributed by atoms with Gasteiger partial charge in [-0.3, -0.25) is 4.72 Å². The molecule has 1 aromatic heterocycles. The van der Waals surface area contributed by atoms with Gasteiger partial charge in [0.25, 0.3) is 10.0 Å². The van der Waals surface area contributed by atoms with Crippen LogP contribution in [0.2, 0.25) is 10.0 Å². The highest BCUT2D eigenvalue weighted by Crippen LogP contribution is 2.44. The van der Waals surface area contributed by atoms with Gasteiger partial charge in [0, 0.05) is 15.8 Å². The summed E-state index contributed by atoms with van der Waals surface area (Å²) in [5.74, 6) is 0.0585. The summed E-state index contributed by atoms with van der Waals surface area (Å²) >= 11 is 15.1. The Balaban J connectivity index is 1.61. The number of aryl methyl sites for hydroxylation is 1. The van der Waals surface area contributed by atoms with E-state index < -0.39 is 10.0 Å². The number of hydrogen-bond donors (Lipinski definition) is 2. The van der Waals surface area contributed by atoms with Crippen molar-refractivity contribution in [1.29, 1.82) is 0 Å². The number of para-hydroxylation sites is 1.